The van der Waals surface area contributed by atoms with Crippen LogP contribution in [-0.4, -0.2) is 34.8 Å². The quantitative estimate of drug-likeness (QED) is 0.846. The molecule has 4 nitrogen and oxygen atoms in total. The summed E-state index contributed by atoms with van der Waals surface area (Å²) in [5.41, 5.74) is 1.85. The van der Waals surface area contributed by atoms with Crippen molar-refractivity contribution in [1.29, 1.82) is 0 Å². The number of hydrogen-bond acceptors (Lipinski definition) is 4. The van der Waals surface area contributed by atoms with Crippen LogP contribution in [0.1, 0.15) is 6.42 Å². The number of hydrogen-bond donors (Lipinski definition) is 1. The fourth-order valence-corrected chi connectivity index (χ4v) is 2.29. The molecule has 0 unspecified atom stereocenters. The molecule has 4 heteroatoms. The van der Waals surface area contributed by atoms with E-state index in [9.17, 15) is 0 Å². The van der Waals surface area contributed by atoms with Gasteiger partial charge in [0.15, 0.2) is 0 Å². The standard InChI is InChI=1S/C13H15N3O/c17-9-10-5-6-16(8-10)13-7-14-11-3-1-2-4-12(11)15-13/h1-4,7,10,17H,5-6,8-9H2/t10-/m0/s1. The molecule has 2 heterocycles. The SMILES string of the molecule is OC[C@H]1CCN(c2cnc3ccccc3n2)C1. The molecular weight excluding hydrogens is 214 g/mol. The minimum atomic E-state index is 0.261. The maximum Gasteiger partial charge on any atom is 0.147 e. The van der Waals surface area contributed by atoms with Gasteiger partial charge in [-0.05, 0) is 18.6 Å². The fourth-order valence-electron chi connectivity index (χ4n) is 2.29. The summed E-state index contributed by atoms with van der Waals surface area (Å²) in [6.07, 6.45) is 2.85. The summed E-state index contributed by atoms with van der Waals surface area (Å²) in [5, 5.41) is 9.14. The summed E-state index contributed by atoms with van der Waals surface area (Å²) in [6, 6.07) is 7.88. The first-order valence-electron chi connectivity index (χ1n) is 5.94. The number of benzene rings is 1. The van der Waals surface area contributed by atoms with Crippen LogP contribution in [0.15, 0.2) is 30.5 Å². The van der Waals surface area contributed by atoms with Crippen molar-refractivity contribution < 1.29 is 5.11 Å². The van der Waals surface area contributed by atoms with E-state index in [1.807, 2.05) is 30.5 Å². The van der Waals surface area contributed by atoms with Crippen molar-refractivity contribution in [3.05, 3.63) is 30.5 Å². The average molecular weight is 229 g/mol. The molecule has 0 spiro atoms. The van der Waals surface area contributed by atoms with E-state index in [1.54, 1.807) is 0 Å². The van der Waals surface area contributed by atoms with Gasteiger partial charge in [-0.3, -0.25) is 4.98 Å². The summed E-state index contributed by atoms with van der Waals surface area (Å²) in [7, 11) is 0. The second-order valence-electron chi connectivity index (χ2n) is 4.50. The van der Waals surface area contributed by atoms with Crippen molar-refractivity contribution >= 4 is 16.9 Å². The number of anilines is 1. The summed E-state index contributed by atoms with van der Waals surface area (Å²) in [6.45, 7) is 2.10. The molecular formula is C13H15N3O. The molecule has 1 aromatic carbocycles. The lowest BCUT2D eigenvalue weighted by Gasteiger charge is -2.16. The first-order chi connectivity index (χ1) is 8.36. The molecule has 1 atom stereocenters. The molecule has 2 aromatic rings. The summed E-state index contributed by atoms with van der Waals surface area (Å²) in [4.78, 5) is 11.2. The predicted octanol–water partition coefficient (Wildman–Crippen LogP) is 1.45. The third-order valence-corrected chi connectivity index (χ3v) is 3.30. The summed E-state index contributed by atoms with van der Waals surface area (Å²) in [5.74, 6) is 1.29. The highest BCUT2D eigenvalue weighted by atomic mass is 16.3. The van der Waals surface area contributed by atoms with E-state index in [0.717, 1.165) is 36.4 Å². The van der Waals surface area contributed by atoms with Crippen LogP contribution in [0.25, 0.3) is 11.0 Å². The second kappa shape index (κ2) is 4.30. The van der Waals surface area contributed by atoms with Gasteiger partial charge in [-0.1, -0.05) is 12.1 Å². The lowest BCUT2D eigenvalue weighted by Crippen LogP contribution is -2.21. The maximum absolute atomic E-state index is 9.14. The van der Waals surface area contributed by atoms with Gasteiger partial charge < -0.3 is 10.0 Å². The van der Waals surface area contributed by atoms with Crippen LogP contribution >= 0.6 is 0 Å². The zero-order valence-corrected chi connectivity index (χ0v) is 9.58. The van der Waals surface area contributed by atoms with Gasteiger partial charge in [-0.2, -0.15) is 0 Å². The number of aliphatic hydroxyl groups is 1. The predicted molar refractivity (Wildman–Crippen MR) is 66.9 cm³/mol. The van der Waals surface area contributed by atoms with E-state index in [1.165, 1.54) is 0 Å². The Hall–Kier alpha value is -1.68. The van der Waals surface area contributed by atoms with Gasteiger partial charge in [-0.25, -0.2) is 4.98 Å². The highest BCUT2D eigenvalue weighted by Crippen LogP contribution is 2.22. The monoisotopic (exact) mass is 229 g/mol. The smallest absolute Gasteiger partial charge is 0.147 e. The van der Waals surface area contributed by atoms with Crippen molar-refractivity contribution in [2.24, 2.45) is 5.92 Å². The fraction of sp³-hybridized carbons (Fsp3) is 0.385. The van der Waals surface area contributed by atoms with Crippen molar-refractivity contribution in [2.75, 3.05) is 24.6 Å². The Labute approximate surface area is 99.9 Å². The lowest BCUT2D eigenvalue weighted by atomic mass is 10.1. The normalized spacial score (nSPS) is 20.1. The Balaban J connectivity index is 1.91. The van der Waals surface area contributed by atoms with Crippen molar-refractivity contribution in [3.8, 4) is 0 Å². The highest BCUT2D eigenvalue weighted by Gasteiger charge is 2.22. The third-order valence-electron chi connectivity index (χ3n) is 3.30. The van der Waals surface area contributed by atoms with Crippen LogP contribution in [0.2, 0.25) is 0 Å². The molecule has 88 valence electrons. The molecule has 1 N–H and O–H groups in total. The lowest BCUT2D eigenvalue weighted by molar-refractivity contribution is 0.238. The van der Waals surface area contributed by atoms with Crippen molar-refractivity contribution in [1.82, 2.24) is 9.97 Å². The molecule has 1 aromatic heterocycles. The van der Waals surface area contributed by atoms with Gasteiger partial charge in [0.1, 0.15) is 5.82 Å². The molecule has 1 aliphatic heterocycles. The number of fused-ring (bicyclic) bond motifs is 1. The molecule has 1 aliphatic rings. The van der Waals surface area contributed by atoms with E-state index in [-0.39, 0.29) is 6.61 Å². The molecule has 1 saturated heterocycles. The molecule has 17 heavy (non-hydrogen) atoms. The number of aromatic nitrogens is 2. The molecule has 0 aliphatic carbocycles. The van der Waals surface area contributed by atoms with Gasteiger partial charge in [0.2, 0.25) is 0 Å². The highest BCUT2D eigenvalue weighted by molar-refractivity contribution is 5.75. The maximum atomic E-state index is 9.14. The second-order valence-corrected chi connectivity index (χ2v) is 4.50. The summed E-state index contributed by atoms with van der Waals surface area (Å²) >= 11 is 0. The minimum absolute atomic E-state index is 0.261. The molecule has 1 fully saturated rings. The molecule has 0 bridgehead atoms. The van der Waals surface area contributed by atoms with Crippen LogP contribution in [0, 0.1) is 5.92 Å². The number of aliphatic hydroxyl groups excluding tert-OH is 1. The molecule has 0 radical (unpaired) electrons. The van der Waals surface area contributed by atoms with Gasteiger partial charge in [0.05, 0.1) is 17.2 Å². The first-order valence-corrected chi connectivity index (χ1v) is 5.94. The Morgan fingerprint density at radius 2 is 2.12 bits per heavy atom. The van der Waals surface area contributed by atoms with E-state index in [4.69, 9.17) is 5.11 Å². The Morgan fingerprint density at radius 1 is 1.29 bits per heavy atom. The van der Waals surface area contributed by atoms with Crippen LogP contribution in [-0.2, 0) is 0 Å². The van der Waals surface area contributed by atoms with E-state index in [2.05, 4.69) is 14.9 Å². The van der Waals surface area contributed by atoms with Gasteiger partial charge in [-0.15, -0.1) is 0 Å². The van der Waals surface area contributed by atoms with Gasteiger partial charge in [0, 0.05) is 25.6 Å². The molecule has 3 rings (SSSR count). The van der Waals surface area contributed by atoms with Crippen molar-refractivity contribution in [2.45, 2.75) is 6.42 Å². The van der Waals surface area contributed by atoms with Crippen LogP contribution in [0.5, 0.6) is 0 Å². The topological polar surface area (TPSA) is 49.2 Å². The Kier molecular flexibility index (Phi) is 2.65. The zero-order valence-electron chi connectivity index (χ0n) is 9.58. The van der Waals surface area contributed by atoms with E-state index < -0.39 is 0 Å². The largest absolute Gasteiger partial charge is 0.396 e. The van der Waals surface area contributed by atoms with Crippen LogP contribution < -0.4 is 4.90 Å². The molecule has 0 saturated carbocycles. The zero-order chi connectivity index (χ0) is 11.7. The Bertz CT molecular complexity index is 529. The first kappa shape index (κ1) is 10.5. The molecule has 0 amide bonds. The van der Waals surface area contributed by atoms with E-state index in [0.29, 0.717) is 5.92 Å². The van der Waals surface area contributed by atoms with Gasteiger partial charge >= 0.3 is 0 Å². The van der Waals surface area contributed by atoms with Gasteiger partial charge in [0.25, 0.3) is 0 Å². The summed E-state index contributed by atoms with van der Waals surface area (Å²) < 4.78 is 0. The number of nitrogens with zero attached hydrogens (tertiary/aromatic N) is 3. The van der Waals surface area contributed by atoms with Crippen LogP contribution in [0.3, 0.4) is 0 Å². The van der Waals surface area contributed by atoms with Crippen LogP contribution in [0.4, 0.5) is 5.82 Å². The average Bonchev–Trinajstić information content (AvgIpc) is 2.87. The number of para-hydroxylation sites is 2. The third kappa shape index (κ3) is 1.96. The number of rotatable bonds is 2. The van der Waals surface area contributed by atoms with Crippen molar-refractivity contribution in [3.63, 3.8) is 0 Å². The minimum Gasteiger partial charge on any atom is -0.396 e. The van der Waals surface area contributed by atoms with E-state index >= 15 is 0 Å². The Morgan fingerprint density at radius 3 is 2.88 bits per heavy atom.